The first kappa shape index (κ1) is 15.8. The zero-order valence-corrected chi connectivity index (χ0v) is 14.7. The Morgan fingerprint density at radius 1 is 1.08 bits per heavy atom. The van der Waals surface area contributed by atoms with Crippen molar-refractivity contribution >= 4 is 0 Å². The van der Waals surface area contributed by atoms with E-state index in [1.54, 1.807) is 0 Å². The summed E-state index contributed by atoms with van der Waals surface area (Å²) in [6.07, 6.45) is 2.40. The fourth-order valence-corrected chi connectivity index (χ4v) is 3.34. The molecule has 130 valence electrons. The molecule has 7 nitrogen and oxygen atoms in total. The van der Waals surface area contributed by atoms with Gasteiger partial charge in [-0.3, -0.25) is 9.80 Å². The molecule has 2 aromatic heterocycles. The molecule has 3 heterocycles. The van der Waals surface area contributed by atoms with Crippen molar-refractivity contribution in [2.75, 3.05) is 26.2 Å². The van der Waals surface area contributed by atoms with Crippen molar-refractivity contribution < 1.29 is 9.05 Å². The van der Waals surface area contributed by atoms with Gasteiger partial charge in [0.25, 0.3) is 0 Å². The largest absolute Gasteiger partial charge is 0.361 e. The van der Waals surface area contributed by atoms with Crippen molar-refractivity contribution in [3.05, 3.63) is 28.7 Å². The number of aryl methyl sites for hydroxylation is 2. The molecule has 1 atom stereocenters. The topological polar surface area (TPSA) is 71.4 Å². The molecule has 2 aromatic rings. The average Bonchev–Trinajstić information content (AvgIpc) is 3.25. The molecule has 2 fully saturated rings. The van der Waals surface area contributed by atoms with Gasteiger partial charge in [0.15, 0.2) is 5.82 Å². The molecule has 0 N–H and O–H groups in total. The van der Waals surface area contributed by atoms with Gasteiger partial charge in [0, 0.05) is 44.2 Å². The van der Waals surface area contributed by atoms with Crippen LogP contribution >= 0.6 is 0 Å². The van der Waals surface area contributed by atoms with Crippen LogP contribution in [-0.2, 0) is 6.54 Å². The molecule has 24 heavy (non-hydrogen) atoms. The number of aromatic nitrogens is 3. The van der Waals surface area contributed by atoms with Crippen LogP contribution in [0.3, 0.4) is 0 Å². The minimum Gasteiger partial charge on any atom is -0.361 e. The van der Waals surface area contributed by atoms with Gasteiger partial charge in [0.05, 0.1) is 11.7 Å². The van der Waals surface area contributed by atoms with Crippen LogP contribution in [-0.4, -0.2) is 51.3 Å². The third kappa shape index (κ3) is 3.10. The normalized spacial score (nSPS) is 21.3. The van der Waals surface area contributed by atoms with E-state index in [0.717, 1.165) is 55.9 Å². The lowest BCUT2D eigenvalue weighted by atomic mass is 10.1. The molecule has 0 spiro atoms. The highest BCUT2D eigenvalue weighted by atomic mass is 16.5. The number of hydrogen-bond acceptors (Lipinski definition) is 7. The summed E-state index contributed by atoms with van der Waals surface area (Å²) in [4.78, 5) is 9.48. The van der Waals surface area contributed by atoms with Crippen LogP contribution in [0.2, 0.25) is 0 Å². The predicted octanol–water partition coefficient (Wildman–Crippen LogP) is 2.43. The third-order valence-corrected chi connectivity index (χ3v) is 5.27. The first-order valence-electron chi connectivity index (χ1n) is 8.83. The van der Waals surface area contributed by atoms with Crippen LogP contribution in [0.5, 0.6) is 0 Å². The fourth-order valence-electron chi connectivity index (χ4n) is 3.34. The van der Waals surface area contributed by atoms with Crippen molar-refractivity contribution in [3.63, 3.8) is 0 Å². The summed E-state index contributed by atoms with van der Waals surface area (Å²) in [7, 11) is 0. The zero-order valence-electron chi connectivity index (χ0n) is 14.7. The maximum atomic E-state index is 5.49. The number of piperazine rings is 1. The Hall–Kier alpha value is -1.73. The Labute approximate surface area is 142 Å². The Kier molecular flexibility index (Phi) is 4.14. The molecule has 1 saturated carbocycles. The van der Waals surface area contributed by atoms with E-state index in [4.69, 9.17) is 9.05 Å². The summed E-state index contributed by atoms with van der Waals surface area (Å²) in [5.41, 5.74) is 2.23. The number of nitrogens with zero attached hydrogens (tertiary/aromatic N) is 5. The summed E-state index contributed by atoms with van der Waals surface area (Å²) in [5, 5.41) is 8.18. The smallest absolute Gasteiger partial charge is 0.243 e. The molecule has 2 aliphatic rings. The van der Waals surface area contributed by atoms with Crippen molar-refractivity contribution in [1.82, 2.24) is 25.1 Å². The Morgan fingerprint density at radius 2 is 1.83 bits per heavy atom. The monoisotopic (exact) mass is 331 g/mol. The molecule has 1 aliphatic heterocycles. The second-order valence-corrected chi connectivity index (χ2v) is 7.06. The minimum atomic E-state index is 0.186. The van der Waals surface area contributed by atoms with Crippen LogP contribution < -0.4 is 0 Å². The molecule has 7 heteroatoms. The molecular weight excluding hydrogens is 306 g/mol. The van der Waals surface area contributed by atoms with Crippen LogP contribution in [0.15, 0.2) is 9.05 Å². The van der Waals surface area contributed by atoms with Gasteiger partial charge in [-0.25, -0.2) is 0 Å². The van der Waals surface area contributed by atoms with Crippen LogP contribution in [0, 0.1) is 13.8 Å². The van der Waals surface area contributed by atoms with E-state index >= 15 is 0 Å². The van der Waals surface area contributed by atoms with Gasteiger partial charge in [0.2, 0.25) is 5.89 Å². The fraction of sp³-hybridized carbons (Fsp3) is 0.706. The van der Waals surface area contributed by atoms with Gasteiger partial charge in [0.1, 0.15) is 5.76 Å². The van der Waals surface area contributed by atoms with E-state index in [1.807, 2.05) is 13.8 Å². The summed E-state index contributed by atoms with van der Waals surface area (Å²) < 4.78 is 10.8. The van der Waals surface area contributed by atoms with Crippen LogP contribution in [0.4, 0.5) is 0 Å². The number of rotatable bonds is 5. The highest BCUT2D eigenvalue weighted by molar-refractivity contribution is 5.20. The maximum Gasteiger partial charge on any atom is 0.243 e. The first-order chi connectivity index (χ1) is 11.6. The van der Waals surface area contributed by atoms with E-state index in [9.17, 15) is 0 Å². The maximum absolute atomic E-state index is 5.49. The Balaban J connectivity index is 1.33. The lowest BCUT2D eigenvalue weighted by Gasteiger charge is -2.36. The van der Waals surface area contributed by atoms with Crippen molar-refractivity contribution in [2.45, 2.75) is 52.1 Å². The molecule has 1 unspecified atom stereocenters. The second kappa shape index (κ2) is 6.29. The Bertz CT molecular complexity index is 678. The molecule has 0 aromatic carbocycles. The van der Waals surface area contributed by atoms with Gasteiger partial charge >= 0.3 is 0 Å². The molecular formula is C17H25N5O2. The van der Waals surface area contributed by atoms with Crippen LogP contribution in [0.25, 0.3) is 0 Å². The molecule has 4 rings (SSSR count). The van der Waals surface area contributed by atoms with Crippen molar-refractivity contribution in [3.8, 4) is 0 Å². The Morgan fingerprint density at radius 3 is 2.46 bits per heavy atom. The molecule has 0 radical (unpaired) electrons. The molecule has 0 amide bonds. The first-order valence-corrected chi connectivity index (χ1v) is 8.83. The third-order valence-electron chi connectivity index (χ3n) is 5.27. The summed E-state index contributed by atoms with van der Waals surface area (Å²) >= 11 is 0. The standard InChI is InChI=1S/C17H25N5O2/c1-11-15(13(3)23-19-11)10-21-6-8-22(9-7-21)12(2)17-18-16(20-24-17)14-4-5-14/h12,14H,4-10H2,1-3H3. The van der Waals surface area contributed by atoms with E-state index < -0.39 is 0 Å². The predicted molar refractivity (Wildman–Crippen MR) is 87.5 cm³/mol. The van der Waals surface area contributed by atoms with Gasteiger partial charge < -0.3 is 9.05 Å². The highest BCUT2D eigenvalue weighted by Gasteiger charge is 2.31. The molecule has 1 aliphatic carbocycles. The van der Waals surface area contributed by atoms with Gasteiger partial charge in [-0.15, -0.1) is 0 Å². The van der Waals surface area contributed by atoms with E-state index in [0.29, 0.717) is 5.92 Å². The van der Waals surface area contributed by atoms with Gasteiger partial charge in [-0.2, -0.15) is 4.98 Å². The van der Waals surface area contributed by atoms with E-state index in [1.165, 1.54) is 18.4 Å². The quantitative estimate of drug-likeness (QED) is 0.833. The lowest BCUT2D eigenvalue weighted by Crippen LogP contribution is -2.46. The zero-order chi connectivity index (χ0) is 16.7. The SMILES string of the molecule is Cc1noc(C)c1CN1CCN(C(C)c2nc(C3CC3)no2)CC1. The molecule has 1 saturated heterocycles. The van der Waals surface area contributed by atoms with E-state index in [2.05, 4.69) is 32.0 Å². The second-order valence-electron chi connectivity index (χ2n) is 7.06. The lowest BCUT2D eigenvalue weighted by molar-refractivity contribution is 0.0842. The van der Waals surface area contributed by atoms with Gasteiger partial charge in [-0.1, -0.05) is 10.3 Å². The molecule has 0 bridgehead atoms. The summed E-state index contributed by atoms with van der Waals surface area (Å²) in [6.45, 7) is 11.1. The number of hydrogen-bond donors (Lipinski definition) is 0. The minimum absolute atomic E-state index is 0.186. The summed E-state index contributed by atoms with van der Waals surface area (Å²) in [6, 6.07) is 0.186. The van der Waals surface area contributed by atoms with Crippen molar-refractivity contribution in [1.29, 1.82) is 0 Å². The highest BCUT2D eigenvalue weighted by Crippen LogP contribution is 2.38. The van der Waals surface area contributed by atoms with Gasteiger partial charge in [-0.05, 0) is 33.6 Å². The van der Waals surface area contributed by atoms with E-state index in [-0.39, 0.29) is 6.04 Å². The summed E-state index contributed by atoms with van der Waals surface area (Å²) in [5.74, 6) is 3.13. The van der Waals surface area contributed by atoms with Crippen molar-refractivity contribution in [2.24, 2.45) is 0 Å². The van der Waals surface area contributed by atoms with Crippen LogP contribution in [0.1, 0.15) is 60.5 Å². The average molecular weight is 331 g/mol.